The van der Waals surface area contributed by atoms with E-state index in [1.165, 1.54) is 6.33 Å². The number of hydrogen-bond donors (Lipinski definition) is 4. The summed E-state index contributed by atoms with van der Waals surface area (Å²) >= 11 is 0. The minimum atomic E-state index is -0.226. The van der Waals surface area contributed by atoms with Crippen LogP contribution in [0.3, 0.4) is 0 Å². The Bertz CT molecular complexity index is 712. The van der Waals surface area contributed by atoms with Crippen LogP contribution in [0.4, 0.5) is 5.95 Å². The lowest BCUT2D eigenvalue weighted by Gasteiger charge is -2.03. The molecule has 3 aromatic heterocycles. The number of hydrogen-bond acceptors (Lipinski definition) is 5. The molecule has 8 heteroatoms. The number of aryl methyl sites for hydroxylation is 1. The number of aromatic amines is 3. The van der Waals surface area contributed by atoms with E-state index >= 15 is 0 Å². The molecule has 0 amide bonds. The summed E-state index contributed by atoms with van der Waals surface area (Å²) in [6.45, 7) is 0.694. The molecular weight excluding hydrogens is 246 g/mol. The largest absolute Gasteiger partial charge is 0.356 e. The molecule has 3 rings (SSSR count). The molecule has 4 N–H and O–H groups in total. The van der Waals surface area contributed by atoms with Crippen molar-refractivity contribution in [2.45, 2.75) is 12.8 Å². The molecule has 0 saturated carbocycles. The van der Waals surface area contributed by atoms with E-state index in [1.807, 2.05) is 0 Å². The van der Waals surface area contributed by atoms with Gasteiger partial charge in [0.2, 0.25) is 5.95 Å². The topological polar surface area (TPSA) is 115 Å². The van der Waals surface area contributed by atoms with E-state index in [-0.39, 0.29) is 5.56 Å². The molecule has 0 bridgehead atoms. The Morgan fingerprint density at radius 3 is 3.05 bits per heavy atom. The Morgan fingerprint density at radius 1 is 1.26 bits per heavy atom. The van der Waals surface area contributed by atoms with Gasteiger partial charge in [-0.05, 0) is 6.42 Å². The van der Waals surface area contributed by atoms with Gasteiger partial charge >= 0.3 is 0 Å². The van der Waals surface area contributed by atoms with Crippen molar-refractivity contribution in [2.24, 2.45) is 0 Å². The second kappa shape index (κ2) is 4.92. The molecule has 3 heterocycles. The predicted molar refractivity (Wildman–Crippen MR) is 69.9 cm³/mol. The smallest absolute Gasteiger partial charge is 0.278 e. The van der Waals surface area contributed by atoms with Crippen molar-refractivity contribution in [3.05, 3.63) is 34.9 Å². The summed E-state index contributed by atoms with van der Waals surface area (Å²) in [6.07, 6.45) is 6.71. The number of H-pyrrole nitrogens is 3. The number of rotatable bonds is 5. The summed E-state index contributed by atoms with van der Waals surface area (Å²) in [5.41, 5.74) is 0.578. The highest BCUT2D eigenvalue weighted by molar-refractivity contribution is 5.69. The van der Waals surface area contributed by atoms with Crippen molar-refractivity contribution < 1.29 is 0 Å². The van der Waals surface area contributed by atoms with Gasteiger partial charge in [-0.3, -0.25) is 9.78 Å². The first kappa shape index (κ1) is 11.5. The number of nitrogens with zero attached hydrogens (tertiary/aromatic N) is 3. The average molecular weight is 259 g/mol. The highest BCUT2D eigenvalue weighted by atomic mass is 16.1. The van der Waals surface area contributed by atoms with E-state index < -0.39 is 0 Å². The predicted octanol–water partition coefficient (Wildman–Crippen LogP) is 0.414. The van der Waals surface area contributed by atoms with E-state index in [0.717, 1.165) is 18.7 Å². The molecule has 98 valence electrons. The van der Waals surface area contributed by atoms with Crippen LogP contribution in [0.5, 0.6) is 0 Å². The maximum atomic E-state index is 11.7. The zero-order valence-corrected chi connectivity index (χ0v) is 10.1. The third-order valence-corrected chi connectivity index (χ3v) is 2.73. The van der Waals surface area contributed by atoms with E-state index in [1.54, 1.807) is 12.4 Å². The summed E-state index contributed by atoms with van der Waals surface area (Å²) in [7, 11) is 0. The van der Waals surface area contributed by atoms with Crippen molar-refractivity contribution in [1.29, 1.82) is 0 Å². The SMILES string of the molecule is O=c1[nH]c(NCCCc2ncc[nH]2)nc2nc[nH]c12. The van der Waals surface area contributed by atoms with Crippen LogP contribution in [0.1, 0.15) is 12.2 Å². The molecule has 0 radical (unpaired) electrons. The van der Waals surface area contributed by atoms with Gasteiger partial charge in [0.05, 0.1) is 6.33 Å². The lowest BCUT2D eigenvalue weighted by molar-refractivity contribution is 0.810. The molecule has 0 fully saturated rings. The van der Waals surface area contributed by atoms with Gasteiger partial charge in [-0.15, -0.1) is 0 Å². The standard InChI is InChI=1S/C11H13N7O/c19-10-8-9(16-6-15-8)17-11(18-10)14-3-1-2-7-12-4-5-13-7/h4-6H,1-3H2,(H,12,13)(H3,14,15,16,17,18,19). The van der Waals surface area contributed by atoms with Crippen LogP contribution < -0.4 is 10.9 Å². The first-order valence-electron chi connectivity index (χ1n) is 5.98. The normalized spacial score (nSPS) is 10.9. The Labute approximate surface area is 107 Å². The number of imidazole rings is 2. The van der Waals surface area contributed by atoms with Gasteiger partial charge < -0.3 is 15.3 Å². The van der Waals surface area contributed by atoms with E-state index in [4.69, 9.17) is 0 Å². The van der Waals surface area contributed by atoms with Gasteiger partial charge in [-0.2, -0.15) is 4.98 Å². The van der Waals surface area contributed by atoms with Gasteiger partial charge in [0.15, 0.2) is 11.2 Å². The second-order valence-electron chi connectivity index (χ2n) is 4.08. The first-order chi connectivity index (χ1) is 9.33. The highest BCUT2D eigenvalue weighted by Crippen LogP contribution is 2.03. The average Bonchev–Trinajstić information content (AvgIpc) is 3.05. The van der Waals surface area contributed by atoms with Crippen LogP contribution in [0.2, 0.25) is 0 Å². The minimum Gasteiger partial charge on any atom is -0.356 e. The summed E-state index contributed by atoms with van der Waals surface area (Å²) in [5.74, 6) is 1.38. The molecule has 0 aliphatic carbocycles. The van der Waals surface area contributed by atoms with E-state index in [2.05, 4.69) is 35.2 Å². The fourth-order valence-electron chi connectivity index (χ4n) is 1.82. The first-order valence-corrected chi connectivity index (χ1v) is 5.98. The molecule has 0 aliphatic rings. The lowest BCUT2D eigenvalue weighted by Crippen LogP contribution is -2.14. The van der Waals surface area contributed by atoms with Crippen LogP contribution in [0, 0.1) is 0 Å². The second-order valence-corrected chi connectivity index (χ2v) is 4.08. The molecule has 0 unspecified atom stereocenters. The molecule has 0 spiro atoms. The van der Waals surface area contributed by atoms with Crippen LogP contribution >= 0.6 is 0 Å². The number of nitrogens with one attached hydrogen (secondary N) is 4. The molecule has 8 nitrogen and oxygen atoms in total. The van der Waals surface area contributed by atoms with E-state index in [0.29, 0.717) is 23.7 Å². The summed E-state index contributed by atoms with van der Waals surface area (Å²) < 4.78 is 0. The zero-order valence-electron chi connectivity index (χ0n) is 10.1. The van der Waals surface area contributed by atoms with E-state index in [9.17, 15) is 4.79 Å². The zero-order chi connectivity index (χ0) is 13.1. The van der Waals surface area contributed by atoms with Crippen LogP contribution in [0.25, 0.3) is 11.2 Å². The van der Waals surface area contributed by atoms with Crippen molar-refractivity contribution in [1.82, 2.24) is 29.9 Å². The van der Waals surface area contributed by atoms with Gasteiger partial charge in [0.25, 0.3) is 5.56 Å². The fraction of sp³-hybridized carbons (Fsp3) is 0.273. The Morgan fingerprint density at radius 2 is 2.21 bits per heavy atom. The van der Waals surface area contributed by atoms with Gasteiger partial charge in [-0.25, -0.2) is 9.97 Å². The monoisotopic (exact) mass is 259 g/mol. The molecule has 0 aliphatic heterocycles. The van der Waals surface area contributed by atoms with Gasteiger partial charge in [-0.1, -0.05) is 0 Å². The summed E-state index contributed by atoms with van der Waals surface area (Å²) in [5, 5.41) is 3.07. The van der Waals surface area contributed by atoms with Crippen LogP contribution in [-0.2, 0) is 6.42 Å². The van der Waals surface area contributed by atoms with Crippen molar-refractivity contribution in [3.63, 3.8) is 0 Å². The maximum absolute atomic E-state index is 11.7. The van der Waals surface area contributed by atoms with Gasteiger partial charge in [0.1, 0.15) is 5.82 Å². The summed E-state index contributed by atoms with van der Waals surface area (Å²) in [6, 6.07) is 0. The molecule has 0 saturated heterocycles. The molecule has 0 aromatic carbocycles. The van der Waals surface area contributed by atoms with Crippen molar-refractivity contribution in [3.8, 4) is 0 Å². The van der Waals surface area contributed by atoms with Crippen molar-refractivity contribution >= 4 is 17.1 Å². The molecule has 0 atom stereocenters. The fourth-order valence-corrected chi connectivity index (χ4v) is 1.82. The van der Waals surface area contributed by atoms with Gasteiger partial charge in [0, 0.05) is 25.4 Å². The Kier molecular flexibility index (Phi) is 2.97. The van der Waals surface area contributed by atoms with Crippen LogP contribution in [0.15, 0.2) is 23.5 Å². The molecule has 3 aromatic rings. The number of fused-ring (bicyclic) bond motifs is 1. The third kappa shape index (κ3) is 2.46. The highest BCUT2D eigenvalue weighted by Gasteiger charge is 2.05. The maximum Gasteiger partial charge on any atom is 0.278 e. The quantitative estimate of drug-likeness (QED) is 0.495. The summed E-state index contributed by atoms with van der Waals surface area (Å²) in [4.78, 5) is 32.4. The molecular formula is C11H13N7O. The number of aromatic nitrogens is 6. The molecule has 19 heavy (non-hydrogen) atoms. The minimum absolute atomic E-state index is 0.226. The Balaban J connectivity index is 1.60. The third-order valence-electron chi connectivity index (χ3n) is 2.73. The van der Waals surface area contributed by atoms with Crippen LogP contribution in [-0.4, -0.2) is 36.4 Å². The van der Waals surface area contributed by atoms with Crippen molar-refractivity contribution in [2.75, 3.05) is 11.9 Å². The lowest BCUT2D eigenvalue weighted by atomic mass is 10.3. The number of anilines is 1. The Hall–Kier alpha value is -2.64.